The molecule has 0 saturated carbocycles. The molecule has 23 heavy (non-hydrogen) atoms. The summed E-state index contributed by atoms with van der Waals surface area (Å²) >= 11 is 0. The van der Waals surface area contributed by atoms with Crippen LogP contribution in [0.25, 0.3) is 0 Å². The number of anilines is 1. The van der Waals surface area contributed by atoms with Gasteiger partial charge >= 0.3 is 6.03 Å². The van der Waals surface area contributed by atoms with E-state index in [-0.39, 0.29) is 11.3 Å². The Morgan fingerprint density at radius 2 is 2.26 bits per heavy atom. The van der Waals surface area contributed by atoms with Gasteiger partial charge in [-0.2, -0.15) is 10.4 Å². The summed E-state index contributed by atoms with van der Waals surface area (Å²) in [5, 5.41) is 15.4. The molecule has 0 spiro atoms. The second-order valence-corrected chi connectivity index (χ2v) is 4.96. The number of rotatable bonds is 5. The van der Waals surface area contributed by atoms with Gasteiger partial charge in [0.25, 0.3) is 0 Å². The summed E-state index contributed by atoms with van der Waals surface area (Å²) in [6.45, 7) is 5.45. The van der Waals surface area contributed by atoms with Crippen LogP contribution < -0.4 is 5.32 Å². The number of carbonyl (C=O) groups excluding carboxylic acids is 1. The maximum atomic E-state index is 13.8. The molecule has 1 heterocycles. The van der Waals surface area contributed by atoms with Crippen molar-refractivity contribution in [3.05, 3.63) is 47.5 Å². The van der Waals surface area contributed by atoms with Crippen LogP contribution in [0.5, 0.6) is 0 Å². The predicted molar refractivity (Wildman–Crippen MR) is 84.1 cm³/mol. The third kappa shape index (κ3) is 4.07. The van der Waals surface area contributed by atoms with Crippen molar-refractivity contribution in [1.82, 2.24) is 14.7 Å². The number of carbonyl (C=O) groups is 1. The van der Waals surface area contributed by atoms with E-state index in [0.29, 0.717) is 13.1 Å². The van der Waals surface area contributed by atoms with Crippen LogP contribution in [0.2, 0.25) is 0 Å². The summed E-state index contributed by atoms with van der Waals surface area (Å²) < 4.78 is 15.6. The maximum absolute atomic E-state index is 13.8. The normalized spacial score (nSPS) is 10.2. The highest BCUT2D eigenvalue weighted by atomic mass is 19.1. The van der Waals surface area contributed by atoms with Gasteiger partial charge in [-0.05, 0) is 32.0 Å². The second-order valence-electron chi connectivity index (χ2n) is 4.96. The zero-order valence-corrected chi connectivity index (χ0v) is 13.1. The molecule has 0 aliphatic heterocycles. The summed E-state index contributed by atoms with van der Waals surface area (Å²) in [4.78, 5) is 13.8. The Kier molecular flexibility index (Phi) is 5.31. The second kappa shape index (κ2) is 7.40. The lowest BCUT2D eigenvalue weighted by molar-refractivity contribution is 0.212. The topological polar surface area (TPSA) is 74.0 Å². The van der Waals surface area contributed by atoms with Crippen LogP contribution in [0.4, 0.5) is 14.9 Å². The Morgan fingerprint density at radius 1 is 1.48 bits per heavy atom. The molecule has 1 N–H and O–H groups in total. The van der Waals surface area contributed by atoms with E-state index in [1.54, 1.807) is 15.8 Å². The average Bonchev–Trinajstić information content (AvgIpc) is 3.02. The number of nitriles is 1. The molecule has 6 nitrogen and oxygen atoms in total. The molecule has 0 unspecified atom stereocenters. The third-order valence-corrected chi connectivity index (χ3v) is 3.39. The highest BCUT2D eigenvalue weighted by Crippen LogP contribution is 2.16. The minimum Gasteiger partial charge on any atom is -0.320 e. The highest BCUT2D eigenvalue weighted by molar-refractivity contribution is 5.89. The molecule has 0 radical (unpaired) electrons. The number of aromatic nitrogens is 2. The van der Waals surface area contributed by atoms with Crippen LogP contribution in [0, 0.1) is 17.1 Å². The fraction of sp³-hybridized carbons (Fsp3) is 0.312. The monoisotopic (exact) mass is 315 g/mol. The SMILES string of the molecule is CCN(Cc1cnn(CC)c1)C(=O)Nc1ccc(C#N)cc1F. The van der Waals surface area contributed by atoms with Gasteiger partial charge in [-0.1, -0.05) is 0 Å². The minimum absolute atomic E-state index is 0.0525. The van der Waals surface area contributed by atoms with Crippen LogP contribution >= 0.6 is 0 Å². The number of aryl methyl sites for hydroxylation is 1. The number of halogens is 1. The molecule has 120 valence electrons. The van der Waals surface area contributed by atoms with Gasteiger partial charge in [0.1, 0.15) is 5.82 Å². The van der Waals surface area contributed by atoms with Crippen LogP contribution in [-0.2, 0) is 13.1 Å². The number of urea groups is 1. The van der Waals surface area contributed by atoms with Gasteiger partial charge in [0, 0.05) is 24.8 Å². The van der Waals surface area contributed by atoms with Crippen molar-refractivity contribution >= 4 is 11.7 Å². The molecule has 0 saturated heterocycles. The highest BCUT2D eigenvalue weighted by Gasteiger charge is 2.15. The Morgan fingerprint density at radius 3 is 2.83 bits per heavy atom. The standard InChI is InChI=1S/C16H18FN5O/c1-3-21(10-13-9-19-22(4-2)11-13)16(23)20-15-6-5-12(8-18)7-14(15)17/h5-7,9,11H,3-4,10H2,1-2H3,(H,20,23). The van der Waals surface area contributed by atoms with Gasteiger partial charge < -0.3 is 10.2 Å². The molecule has 0 fully saturated rings. The summed E-state index contributed by atoms with van der Waals surface area (Å²) in [6, 6.07) is 5.38. The van der Waals surface area contributed by atoms with Gasteiger partial charge in [-0.25, -0.2) is 9.18 Å². The van der Waals surface area contributed by atoms with Crippen molar-refractivity contribution < 1.29 is 9.18 Å². The van der Waals surface area contributed by atoms with Gasteiger partial charge in [0.2, 0.25) is 0 Å². The number of hydrogen-bond donors (Lipinski definition) is 1. The number of hydrogen-bond acceptors (Lipinski definition) is 3. The average molecular weight is 315 g/mol. The molecule has 2 aromatic rings. The van der Waals surface area contributed by atoms with Crippen LogP contribution in [0.3, 0.4) is 0 Å². The molecule has 0 aliphatic carbocycles. The van der Waals surface area contributed by atoms with E-state index in [0.717, 1.165) is 18.2 Å². The molecule has 1 aromatic carbocycles. The fourth-order valence-corrected chi connectivity index (χ4v) is 2.09. The first-order valence-corrected chi connectivity index (χ1v) is 7.34. The lowest BCUT2D eigenvalue weighted by atomic mass is 10.2. The summed E-state index contributed by atoms with van der Waals surface area (Å²) in [7, 11) is 0. The van der Waals surface area contributed by atoms with Gasteiger partial charge in [-0.3, -0.25) is 4.68 Å². The van der Waals surface area contributed by atoms with Crippen LogP contribution in [-0.4, -0.2) is 27.3 Å². The molecule has 7 heteroatoms. The number of nitrogens with one attached hydrogen (secondary N) is 1. The first-order chi connectivity index (χ1) is 11.1. The van der Waals surface area contributed by atoms with E-state index in [1.807, 2.05) is 26.1 Å². The quantitative estimate of drug-likeness (QED) is 0.922. The first kappa shape index (κ1) is 16.5. The Balaban J connectivity index is 2.06. The molecule has 0 aliphatic rings. The summed E-state index contributed by atoms with van der Waals surface area (Å²) in [5.74, 6) is -0.632. The predicted octanol–water partition coefficient (Wildman–Crippen LogP) is 2.97. The fourth-order valence-electron chi connectivity index (χ4n) is 2.09. The van der Waals surface area contributed by atoms with E-state index < -0.39 is 11.8 Å². The summed E-state index contributed by atoms with van der Waals surface area (Å²) in [5.41, 5.74) is 1.17. The van der Waals surface area contributed by atoms with E-state index in [2.05, 4.69) is 10.4 Å². The maximum Gasteiger partial charge on any atom is 0.322 e. The molecule has 0 atom stereocenters. The van der Waals surface area contributed by atoms with Crippen LogP contribution in [0.1, 0.15) is 25.0 Å². The van der Waals surface area contributed by atoms with Gasteiger partial charge in [-0.15, -0.1) is 0 Å². The van der Waals surface area contributed by atoms with Crippen LogP contribution in [0.15, 0.2) is 30.6 Å². The molecular weight excluding hydrogens is 297 g/mol. The van der Waals surface area contributed by atoms with Crippen molar-refractivity contribution in [2.75, 3.05) is 11.9 Å². The van der Waals surface area contributed by atoms with Gasteiger partial charge in [0.05, 0.1) is 30.1 Å². The number of benzene rings is 1. The zero-order chi connectivity index (χ0) is 16.8. The molecule has 2 rings (SSSR count). The molecule has 2 amide bonds. The van der Waals surface area contributed by atoms with Crippen molar-refractivity contribution in [3.63, 3.8) is 0 Å². The summed E-state index contributed by atoms with van der Waals surface area (Å²) in [6.07, 6.45) is 3.58. The Bertz CT molecular complexity index is 734. The van der Waals surface area contributed by atoms with Crippen molar-refractivity contribution in [3.8, 4) is 6.07 Å². The van der Waals surface area contributed by atoms with E-state index >= 15 is 0 Å². The van der Waals surface area contributed by atoms with E-state index in [4.69, 9.17) is 5.26 Å². The smallest absolute Gasteiger partial charge is 0.320 e. The number of amides is 2. The first-order valence-electron chi connectivity index (χ1n) is 7.34. The van der Waals surface area contributed by atoms with Gasteiger partial charge in [0.15, 0.2) is 0 Å². The number of nitrogens with zero attached hydrogens (tertiary/aromatic N) is 4. The largest absolute Gasteiger partial charge is 0.322 e. The molecule has 1 aromatic heterocycles. The van der Waals surface area contributed by atoms with E-state index in [1.165, 1.54) is 12.1 Å². The lowest BCUT2D eigenvalue weighted by Crippen LogP contribution is -2.34. The van der Waals surface area contributed by atoms with Crippen molar-refractivity contribution in [2.45, 2.75) is 26.9 Å². The van der Waals surface area contributed by atoms with Crippen molar-refractivity contribution in [1.29, 1.82) is 5.26 Å². The zero-order valence-electron chi connectivity index (χ0n) is 13.1. The Hall–Kier alpha value is -2.88. The lowest BCUT2D eigenvalue weighted by Gasteiger charge is -2.21. The minimum atomic E-state index is -0.632. The van der Waals surface area contributed by atoms with Crippen molar-refractivity contribution in [2.24, 2.45) is 0 Å². The molecule has 0 bridgehead atoms. The third-order valence-electron chi connectivity index (χ3n) is 3.39. The van der Waals surface area contributed by atoms with E-state index in [9.17, 15) is 9.18 Å². The molecular formula is C16H18FN5O. The Labute approximate surface area is 134 Å².